The van der Waals surface area contributed by atoms with Crippen LogP contribution in [0.4, 0.5) is 0 Å². The van der Waals surface area contributed by atoms with Crippen molar-refractivity contribution in [1.82, 2.24) is 0 Å². The van der Waals surface area contributed by atoms with E-state index >= 15 is 0 Å². The zero-order chi connectivity index (χ0) is 20.0. The van der Waals surface area contributed by atoms with E-state index in [0.717, 1.165) is 12.8 Å². The Morgan fingerprint density at radius 3 is 1.27 bits per heavy atom. The molecule has 2 rings (SSSR count). The largest absolute Gasteiger partial charge is 0.410 e. The molecule has 2 atom stereocenters. The minimum absolute atomic E-state index is 0.214. The quantitative estimate of drug-likeness (QED) is 0.491. The molecule has 0 saturated heterocycles. The Kier molecular flexibility index (Phi) is 6.05. The van der Waals surface area contributed by atoms with Crippen molar-refractivity contribution in [2.24, 2.45) is 0 Å². The second-order valence-electron chi connectivity index (χ2n) is 10.9. The van der Waals surface area contributed by atoms with Crippen molar-refractivity contribution in [3.63, 3.8) is 0 Å². The minimum Gasteiger partial charge on any atom is -0.410 e. The van der Waals surface area contributed by atoms with Gasteiger partial charge >= 0.3 is 0 Å². The summed E-state index contributed by atoms with van der Waals surface area (Å²) in [6.45, 7) is 23.3. The van der Waals surface area contributed by atoms with Crippen LogP contribution < -0.4 is 0 Å². The summed E-state index contributed by atoms with van der Waals surface area (Å²) < 4.78 is 13.6. The van der Waals surface area contributed by atoms with E-state index in [0.29, 0.717) is 0 Å². The number of hydrogen-bond donors (Lipinski definition) is 0. The highest BCUT2D eigenvalue weighted by molar-refractivity contribution is 6.74. The third-order valence-electron chi connectivity index (χ3n) is 6.87. The van der Waals surface area contributed by atoms with Crippen molar-refractivity contribution in [2.45, 2.75) is 103 Å². The second kappa shape index (κ2) is 7.19. The summed E-state index contributed by atoms with van der Waals surface area (Å²) in [5, 5.41) is 0.465. The zero-order valence-electron chi connectivity index (χ0n) is 18.7. The highest BCUT2D eigenvalue weighted by Gasteiger charge is 2.43. The van der Waals surface area contributed by atoms with E-state index in [-0.39, 0.29) is 22.3 Å². The molecule has 1 aliphatic carbocycles. The SMILES string of the molecule is CC(C)(C)[Si](C)(C)O[C@H]1CC[C@@H](O[Si](C)(C)C(C)(C)C)c2ccccc21. The highest BCUT2D eigenvalue weighted by Crippen LogP contribution is 2.48. The lowest BCUT2D eigenvalue weighted by Gasteiger charge is -2.44. The van der Waals surface area contributed by atoms with Crippen LogP contribution >= 0.6 is 0 Å². The molecule has 2 nitrogen and oxygen atoms in total. The Labute approximate surface area is 164 Å². The molecule has 0 spiro atoms. The van der Waals surface area contributed by atoms with Gasteiger partial charge in [-0.25, -0.2) is 0 Å². The standard InChI is InChI=1S/C22H40O2Si2/c1-21(2,3)25(7,8)23-19-15-16-20(18-14-12-11-13-17(18)19)24-26(9,10)22(4,5)6/h11-14,19-20H,15-16H2,1-10H3/t19-,20+. The van der Waals surface area contributed by atoms with Crippen molar-refractivity contribution in [3.8, 4) is 0 Å². The van der Waals surface area contributed by atoms with Crippen LogP contribution in [0.25, 0.3) is 0 Å². The first kappa shape index (κ1) is 21.9. The Balaban J connectivity index is 2.29. The smallest absolute Gasteiger partial charge is 0.192 e. The average molecular weight is 393 g/mol. The summed E-state index contributed by atoms with van der Waals surface area (Å²) >= 11 is 0. The molecule has 0 N–H and O–H groups in total. The van der Waals surface area contributed by atoms with Crippen LogP contribution in [-0.4, -0.2) is 16.6 Å². The Morgan fingerprint density at radius 1 is 0.692 bits per heavy atom. The summed E-state index contributed by atoms with van der Waals surface area (Å²) in [5.41, 5.74) is 2.71. The van der Waals surface area contributed by atoms with Crippen LogP contribution in [0.15, 0.2) is 24.3 Å². The molecule has 0 aromatic heterocycles. The van der Waals surface area contributed by atoms with E-state index in [4.69, 9.17) is 8.85 Å². The van der Waals surface area contributed by atoms with Crippen molar-refractivity contribution < 1.29 is 8.85 Å². The van der Waals surface area contributed by atoms with Gasteiger partial charge in [-0.15, -0.1) is 0 Å². The van der Waals surface area contributed by atoms with E-state index in [1.807, 2.05) is 0 Å². The third kappa shape index (κ3) is 4.52. The topological polar surface area (TPSA) is 18.5 Å². The Bertz CT molecular complexity index is 569. The Hall–Kier alpha value is -0.426. The van der Waals surface area contributed by atoms with Crippen LogP contribution in [0.1, 0.15) is 77.7 Å². The molecule has 1 aromatic carbocycles. The fourth-order valence-electron chi connectivity index (χ4n) is 3.02. The van der Waals surface area contributed by atoms with Crippen molar-refractivity contribution in [1.29, 1.82) is 0 Å². The molecule has 4 heteroatoms. The fourth-order valence-corrected chi connectivity index (χ4v) is 5.64. The second-order valence-corrected chi connectivity index (χ2v) is 20.5. The molecule has 26 heavy (non-hydrogen) atoms. The van der Waals surface area contributed by atoms with Gasteiger partial charge in [0.1, 0.15) is 0 Å². The van der Waals surface area contributed by atoms with E-state index in [1.54, 1.807) is 0 Å². The van der Waals surface area contributed by atoms with E-state index in [9.17, 15) is 0 Å². The van der Waals surface area contributed by atoms with Gasteiger partial charge in [0.2, 0.25) is 0 Å². The van der Waals surface area contributed by atoms with Gasteiger partial charge in [-0.3, -0.25) is 0 Å². The van der Waals surface area contributed by atoms with Gasteiger partial charge in [0.25, 0.3) is 0 Å². The monoisotopic (exact) mass is 392 g/mol. The summed E-state index contributed by atoms with van der Waals surface area (Å²) in [6, 6.07) is 8.81. The zero-order valence-corrected chi connectivity index (χ0v) is 20.7. The number of rotatable bonds is 4. The predicted octanol–water partition coefficient (Wildman–Crippen LogP) is 7.61. The molecule has 0 saturated carbocycles. The molecular weight excluding hydrogens is 352 g/mol. The molecule has 0 amide bonds. The first-order valence-corrected chi connectivity index (χ1v) is 15.9. The molecule has 0 radical (unpaired) electrons. The number of hydrogen-bond acceptors (Lipinski definition) is 2. The maximum Gasteiger partial charge on any atom is 0.192 e. The average Bonchev–Trinajstić information content (AvgIpc) is 2.47. The molecular formula is C22H40O2Si2. The van der Waals surface area contributed by atoms with Gasteiger partial charge in [0.15, 0.2) is 16.6 Å². The van der Waals surface area contributed by atoms with Gasteiger partial charge in [-0.2, -0.15) is 0 Å². The molecule has 0 bridgehead atoms. The lowest BCUT2D eigenvalue weighted by atomic mass is 9.87. The molecule has 0 aliphatic heterocycles. The molecule has 0 heterocycles. The van der Waals surface area contributed by atoms with Crippen molar-refractivity contribution in [3.05, 3.63) is 35.4 Å². The van der Waals surface area contributed by atoms with Gasteiger partial charge in [-0.1, -0.05) is 65.8 Å². The molecule has 0 unspecified atom stereocenters. The van der Waals surface area contributed by atoms with E-state index < -0.39 is 16.6 Å². The van der Waals surface area contributed by atoms with E-state index in [2.05, 4.69) is 92.0 Å². The summed E-state index contributed by atoms with van der Waals surface area (Å²) in [6.07, 6.45) is 2.55. The van der Waals surface area contributed by atoms with Gasteiger partial charge in [0.05, 0.1) is 12.2 Å². The molecule has 1 aliphatic rings. The lowest BCUT2D eigenvalue weighted by Crippen LogP contribution is -2.44. The maximum atomic E-state index is 6.81. The van der Waals surface area contributed by atoms with E-state index in [1.165, 1.54) is 11.1 Å². The summed E-state index contributed by atoms with van der Waals surface area (Å²) in [4.78, 5) is 0. The lowest BCUT2D eigenvalue weighted by molar-refractivity contribution is 0.101. The van der Waals surface area contributed by atoms with Crippen LogP contribution in [-0.2, 0) is 8.85 Å². The normalized spacial score (nSPS) is 22.2. The first-order valence-electron chi connectivity index (χ1n) is 10.1. The summed E-state index contributed by atoms with van der Waals surface area (Å²) in [7, 11) is -3.58. The highest BCUT2D eigenvalue weighted by atomic mass is 28.4. The van der Waals surface area contributed by atoms with Gasteiger partial charge < -0.3 is 8.85 Å². The predicted molar refractivity (Wildman–Crippen MR) is 118 cm³/mol. The number of benzene rings is 1. The van der Waals surface area contributed by atoms with Crippen LogP contribution in [0, 0.1) is 0 Å². The first-order chi connectivity index (χ1) is 11.7. The summed E-state index contributed by atoms with van der Waals surface area (Å²) in [5.74, 6) is 0. The van der Waals surface area contributed by atoms with Crippen LogP contribution in [0.2, 0.25) is 36.3 Å². The number of fused-ring (bicyclic) bond motifs is 1. The minimum atomic E-state index is -1.79. The van der Waals surface area contributed by atoms with Crippen LogP contribution in [0.3, 0.4) is 0 Å². The molecule has 148 valence electrons. The van der Waals surface area contributed by atoms with Crippen LogP contribution in [0.5, 0.6) is 0 Å². The molecule has 1 aromatic rings. The Morgan fingerprint density at radius 2 is 1.00 bits per heavy atom. The third-order valence-corrected chi connectivity index (χ3v) is 15.8. The van der Waals surface area contributed by atoms with Crippen molar-refractivity contribution in [2.75, 3.05) is 0 Å². The maximum absolute atomic E-state index is 6.81. The van der Waals surface area contributed by atoms with Gasteiger partial charge in [0, 0.05) is 0 Å². The molecule has 0 fully saturated rings. The fraction of sp³-hybridized carbons (Fsp3) is 0.727. The van der Waals surface area contributed by atoms with Gasteiger partial charge in [-0.05, 0) is 60.2 Å². The van der Waals surface area contributed by atoms with Crippen molar-refractivity contribution >= 4 is 16.6 Å².